The van der Waals surface area contributed by atoms with Crippen molar-refractivity contribution in [3.63, 3.8) is 0 Å². The molecule has 0 aliphatic carbocycles. The van der Waals surface area contributed by atoms with Crippen LogP contribution in [0.1, 0.15) is 40.7 Å². The summed E-state index contributed by atoms with van der Waals surface area (Å²) in [6, 6.07) is 27.4. The van der Waals surface area contributed by atoms with Crippen LogP contribution in [-0.4, -0.2) is 22.6 Å². The fraction of sp³-hybridized carbons (Fsp3) is 0.308. The van der Waals surface area contributed by atoms with Crippen LogP contribution in [0.5, 0.6) is 0 Å². The van der Waals surface area contributed by atoms with Gasteiger partial charge in [0.15, 0.2) is 0 Å². The van der Waals surface area contributed by atoms with Gasteiger partial charge >= 0.3 is 0 Å². The van der Waals surface area contributed by atoms with E-state index in [1.807, 2.05) is 0 Å². The molecule has 0 aromatic heterocycles. The van der Waals surface area contributed by atoms with Gasteiger partial charge in [0.1, 0.15) is 5.60 Å². The number of nitrogens with zero attached hydrogens (tertiary/aromatic N) is 1. The van der Waals surface area contributed by atoms with Gasteiger partial charge in [0.25, 0.3) is 0 Å². The molecule has 1 aliphatic heterocycles. The molecular formula is C26H29NO. The summed E-state index contributed by atoms with van der Waals surface area (Å²) >= 11 is 0. The molecule has 0 amide bonds. The fourth-order valence-electron chi connectivity index (χ4n) is 4.62. The highest BCUT2D eigenvalue weighted by Crippen LogP contribution is 2.41. The molecule has 1 N–H and O–H groups in total. The minimum atomic E-state index is -1.02. The van der Waals surface area contributed by atoms with E-state index in [0.29, 0.717) is 0 Å². The van der Waals surface area contributed by atoms with Crippen molar-refractivity contribution in [1.29, 1.82) is 0 Å². The van der Waals surface area contributed by atoms with E-state index in [4.69, 9.17) is 0 Å². The van der Waals surface area contributed by atoms with E-state index in [0.717, 1.165) is 37.1 Å². The molecule has 3 aromatic rings. The Hall–Kier alpha value is -2.42. The van der Waals surface area contributed by atoms with Crippen molar-refractivity contribution in [2.75, 3.05) is 6.54 Å². The van der Waals surface area contributed by atoms with Gasteiger partial charge in [-0.3, -0.25) is 4.90 Å². The molecule has 28 heavy (non-hydrogen) atoms. The number of hydrogen-bond acceptors (Lipinski definition) is 2. The average Bonchev–Trinajstić information content (AvgIpc) is 3.17. The minimum Gasteiger partial charge on any atom is -0.379 e. The van der Waals surface area contributed by atoms with Gasteiger partial charge in [-0.05, 0) is 49.9 Å². The summed E-state index contributed by atoms with van der Waals surface area (Å²) in [4.78, 5) is 2.46. The summed E-state index contributed by atoms with van der Waals surface area (Å²) in [7, 11) is 0. The molecule has 1 heterocycles. The van der Waals surface area contributed by atoms with E-state index >= 15 is 0 Å². The molecular weight excluding hydrogens is 342 g/mol. The van der Waals surface area contributed by atoms with Crippen LogP contribution in [0, 0.1) is 13.8 Å². The third kappa shape index (κ3) is 3.63. The summed E-state index contributed by atoms with van der Waals surface area (Å²) in [5, 5.41) is 12.3. The number of hydrogen-bond donors (Lipinski definition) is 1. The number of rotatable bonds is 5. The Morgan fingerprint density at radius 1 is 0.857 bits per heavy atom. The van der Waals surface area contributed by atoms with Crippen molar-refractivity contribution < 1.29 is 5.11 Å². The van der Waals surface area contributed by atoms with E-state index in [1.54, 1.807) is 0 Å². The first-order chi connectivity index (χ1) is 13.6. The van der Waals surface area contributed by atoms with Crippen molar-refractivity contribution in [3.8, 4) is 0 Å². The molecule has 4 rings (SSSR count). The first-order valence-corrected chi connectivity index (χ1v) is 10.2. The summed E-state index contributed by atoms with van der Waals surface area (Å²) in [6.07, 6.45) is 2.10. The molecule has 0 radical (unpaired) electrons. The molecule has 2 nitrogen and oxygen atoms in total. The maximum Gasteiger partial charge on any atom is 0.130 e. The van der Waals surface area contributed by atoms with Crippen LogP contribution < -0.4 is 0 Å². The molecule has 1 aliphatic rings. The van der Waals surface area contributed by atoms with Crippen molar-refractivity contribution in [1.82, 2.24) is 4.90 Å². The number of aryl methyl sites for hydroxylation is 2. The number of likely N-dealkylation sites (tertiary alicyclic amines) is 1. The van der Waals surface area contributed by atoms with E-state index in [2.05, 4.69) is 97.6 Å². The lowest BCUT2D eigenvalue weighted by Gasteiger charge is -2.40. The highest BCUT2D eigenvalue weighted by atomic mass is 16.3. The molecule has 0 saturated carbocycles. The predicted molar refractivity (Wildman–Crippen MR) is 115 cm³/mol. The lowest BCUT2D eigenvalue weighted by atomic mass is 9.78. The van der Waals surface area contributed by atoms with Crippen LogP contribution in [0.15, 0.2) is 78.9 Å². The molecule has 0 bridgehead atoms. The Bertz CT molecular complexity index is 888. The van der Waals surface area contributed by atoms with Crippen LogP contribution >= 0.6 is 0 Å². The Morgan fingerprint density at radius 3 is 2.04 bits per heavy atom. The normalized spacial score (nSPS) is 17.8. The fourth-order valence-corrected chi connectivity index (χ4v) is 4.62. The first-order valence-electron chi connectivity index (χ1n) is 10.2. The van der Waals surface area contributed by atoms with Gasteiger partial charge in [-0.2, -0.15) is 0 Å². The quantitative estimate of drug-likeness (QED) is 0.666. The monoisotopic (exact) mass is 371 g/mol. The summed E-state index contributed by atoms with van der Waals surface area (Å²) in [5.41, 5.74) is 4.60. The molecule has 2 heteroatoms. The van der Waals surface area contributed by atoms with Crippen LogP contribution in [0.4, 0.5) is 0 Å². The zero-order chi connectivity index (χ0) is 19.6. The molecule has 144 valence electrons. The van der Waals surface area contributed by atoms with Crippen molar-refractivity contribution in [2.45, 2.75) is 44.9 Å². The Balaban J connectivity index is 1.78. The maximum absolute atomic E-state index is 12.3. The van der Waals surface area contributed by atoms with Crippen LogP contribution in [0.3, 0.4) is 0 Å². The lowest BCUT2D eigenvalue weighted by molar-refractivity contribution is -0.00661. The zero-order valence-corrected chi connectivity index (χ0v) is 16.8. The second-order valence-electron chi connectivity index (χ2n) is 8.12. The third-order valence-corrected chi connectivity index (χ3v) is 5.99. The van der Waals surface area contributed by atoms with E-state index < -0.39 is 5.60 Å². The Morgan fingerprint density at radius 2 is 1.46 bits per heavy atom. The summed E-state index contributed by atoms with van der Waals surface area (Å²) in [6.45, 7) is 6.07. The molecule has 1 fully saturated rings. The van der Waals surface area contributed by atoms with Gasteiger partial charge in [-0.1, -0.05) is 90.0 Å². The standard InChI is InChI=1S/C26H29NO/c1-20-9-6-13-23(17-20)26(28,24-14-7-10-21(2)18-24)25-15-8-16-27(25)19-22-11-4-3-5-12-22/h3-7,9-14,17-18,25,28H,8,15-16,19H2,1-2H3/t25-/m0/s1. The second-order valence-corrected chi connectivity index (χ2v) is 8.12. The summed E-state index contributed by atoms with van der Waals surface area (Å²) in [5.74, 6) is 0. The minimum absolute atomic E-state index is 0.0521. The predicted octanol–water partition coefficient (Wildman–Crippen LogP) is 5.20. The smallest absolute Gasteiger partial charge is 0.130 e. The molecule has 0 unspecified atom stereocenters. The topological polar surface area (TPSA) is 23.5 Å². The zero-order valence-electron chi connectivity index (χ0n) is 16.8. The highest BCUT2D eigenvalue weighted by molar-refractivity contribution is 5.41. The third-order valence-electron chi connectivity index (χ3n) is 5.99. The largest absolute Gasteiger partial charge is 0.379 e. The van der Waals surface area contributed by atoms with Crippen molar-refractivity contribution >= 4 is 0 Å². The van der Waals surface area contributed by atoms with Crippen LogP contribution in [0.25, 0.3) is 0 Å². The average molecular weight is 372 g/mol. The van der Waals surface area contributed by atoms with Gasteiger partial charge in [-0.15, -0.1) is 0 Å². The van der Waals surface area contributed by atoms with Crippen molar-refractivity contribution in [2.24, 2.45) is 0 Å². The molecule has 1 saturated heterocycles. The van der Waals surface area contributed by atoms with Crippen LogP contribution in [-0.2, 0) is 12.1 Å². The molecule has 1 atom stereocenters. The second kappa shape index (κ2) is 7.90. The molecule has 3 aromatic carbocycles. The van der Waals surface area contributed by atoms with Gasteiger partial charge in [0.05, 0.1) is 0 Å². The number of benzene rings is 3. The van der Waals surface area contributed by atoms with E-state index in [9.17, 15) is 5.11 Å². The van der Waals surface area contributed by atoms with Gasteiger partial charge in [-0.25, -0.2) is 0 Å². The summed E-state index contributed by atoms with van der Waals surface area (Å²) < 4.78 is 0. The highest BCUT2D eigenvalue weighted by Gasteiger charge is 2.45. The van der Waals surface area contributed by atoms with Crippen LogP contribution in [0.2, 0.25) is 0 Å². The maximum atomic E-state index is 12.3. The number of aliphatic hydroxyl groups is 1. The Labute approximate surface area is 168 Å². The van der Waals surface area contributed by atoms with Gasteiger partial charge in [0.2, 0.25) is 0 Å². The van der Waals surface area contributed by atoms with E-state index in [-0.39, 0.29) is 6.04 Å². The van der Waals surface area contributed by atoms with Crippen molar-refractivity contribution in [3.05, 3.63) is 107 Å². The Kier molecular flexibility index (Phi) is 5.34. The van der Waals surface area contributed by atoms with Gasteiger partial charge < -0.3 is 5.11 Å². The lowest BCUT2D eigenvalue weighted by Crippen LogP contribution is -2.48. The molecule has 0 spiro atoms. The SMILES string of the molecule is Cc1cccc(C(O)(c2cccc(C)c2)[C@@H]2CCCN2Cc2ccccc2)c1. The first kappa shape index (κ1) is 18.9. The van der Waals surface area contributed by atoms with Gasteiger partial charge in [0, 0.05) is 12.6 Å². The van der Waals surface area contributed by atoms with E-state index in [1.165, 1.54) is 16.7 Å².